The maximum atomic E-state index is 11.8. The number of carbonyl (C=O) groups excluding carboxylic acids is 1. The van der Waals surface area contributed by atoms with Crippen LogP contribution in [0.2, 0.25) is 0 Å². The molecule has 0 aliphatic rings. The van der Waals surface area contributed by atoms with Crippen LogP contribution in [0.5, 0.6) is 0 Å². The van der Waals surface area contributed by atoms with E-state index in [-0.39, 0.29) is 11.9 Å². The molecule has 0 fully saturated rings. The van der Waals surface area contributed by atoms with Crippen molar-refractivity contribution < 1.29 is 9.21 Å². The minimum Gasteiger partial charge on any atom is -0.441 e. The van der Waals surface area contributed by atoms with Crippen LogP contribution in [-0.2, 0) is 11.2 Å². The van der Waals surface area contributed by atoms with E-state index in [1.807, 2.05) is 37.3 Å². The van der Waals surface area contributed by atoms with Gasteiger partial charge < -0.3 is 9.73 Å². The van der Waals surface area contributed by atoms with Crippen molar-refractivity contribution in [2.24, 2.45) is 0 Å². The lowest BCUT2D eigenvalue weighted by Gasteiger charge is -2.11. The van der Waals surface area contributed by atoms with Crippen molar-refractivity contribution in [3.8, 4) is 11.3 Å². The predicted molar refractivity (Wildman–Crippen MR) is 82.8 cm³/mol. The number of benzene rings is 1. The molecule has 21 heavy (non-hydrogen) atoms. The number of aryl methyl sites for hydroxylation is 1. The molecule has 1 aromatic carbocycles. The molecule has 2 rings (SSSR count). The van der Waals surface area contributed by atoms with Crippen molar-refractivity contribution in [2.75, 3.05) is 0 Å². The number of hydrogen-bond donors (Lipinski definition) is 1. The number of aromatic nitrogens is 1. The second kappa shape index (κ2) is 7.62. The molecule has 0 spiro atoms. The highest BCUT2D eigenvalue weighted by Crippen LogP contribution is 2.20. The molecule has 1 amide bonds. The summed E-state index contributed by atoms with van der Waals surface area (Å²) in [5, 5.41) is 2.98. The van der Waals surface area contributed by atoms with Crippen molar-refractivity contribution in [2.45, 2.75) is 45.6 Å². The van der Waals surface area contributed by atoms with Crippen LogP contribution in [0.1, 0.15) is 39.0 Å². The molecule has 1 N–H and O–H groups in total. The summed E-state index contributed by atoms with van der Waals surface area (Å²) in [5.74, 6) is 1.40. The first-order valence-corrected chi connectivity index (χ1v) is 7.48. The van der Waals surface area contributed by atoms with E-state index < -0.39 is 0 Å². The average Bonchev–Trinajstić information content (AvgIpc) is 2.95. The van der Waals surface area contributed by atoms with E-state index in [0.29, 0.717) is 18.7 Å². The molecule has 0 bridgehead atoms. The van der Waals surface area contributed by atoms with E-state index in [0.717, 1.165) is 24.2 Å². The summed E-state index contributed by atoms with van der Waals surface area (Å²) in [6.45, 7) is 4.14. The Morgan fingerprint density at radius 2 is 2.10 bits per heavy atom. The highest BCUT2D eigenvalue weighted by molar-refractivity contribution is 5.76. The largest absolute Gasteiger partial charge is 0.441 e. The first kappa shape index (κ1) is 15.3. The Balaban J connectivity index is 1.84. The molecule has 2 aromatic rings. The highest BCUT2D eigenvalue weighted by Gasteiger charge is 2.10. The second-order valence-corrected chi connectivity index (χ2v) is 5.24. The zero-order chi connectivity index (χ0) is 15.1. The highest BCUT2D eigenvalue weighted by atomic mass is 16.4. The standard InChI is InChI=1S/C17H22N2O2/c1-3-7-13(2)19-16(20)10-11-17-18-12-15(21-17)14-8-5-4-6-9-14/h4-6,8-9,12-13H,3,7,10-11H2,1-2H3,(H,19,20)/t13-/m0/s1. The third-order valence-electron chi connectivity index (χ3n) is 3.31. The Kier molecular flexibility index (Phi) is 5.55. The van der Waals surface area contributed by atoms with Crippen molar-refractivity contribution in [1.29, 1.82) is 0 Å². The van der Waals surface area contributed by atoms with Crippen molar-refractivity contribution in [1.82, 2.24) is 10.3 Å². The van der Waals surface area contributed by atoms with Gasteiger partial charge in [0.05, 0.1) is 6.20 Å². The van der Waals surface area contributed by atoms with E-state index in [1.165, 1.54) is 0 Å². The van der Waals surface area contributed by atoms with E-state index in [9.17, 15) is 4.79 Å². The minimum atomic E-state index is 0.0513. The molecular formula is C17H22N2O2. The monoisotopic (exact) mass is 286 g/mol. The van der Waals surface area contributed by atoms with Crippen LogP contribution in [0.25, 0.3) is 11.3 Å². The molecule has 1 aromatic heterocycles. The SMILES string of the molecule is CCC[C@H](C)NC(=O)CCc1ncc(-c2ccccc2)o1. The fourth-order valence-corrected chi connectivity index (χ4v) is 2.23. The van der Waals surface area contributed by atoms with Crippen LogP contribution in [0.15, 0.2) is 40.9 Å². The van der Waals surface area contributed by atoms with E-state index in [2.05, 4.69) is 17.2 Å². The second-order valence-electron chi connectivity index (χ2n) is 5.24. The van der Waals surface area contributed by atoms with Crippen LogP contribution < -0.4 is 5.32 Å². The summed E-state index contributed by atoms with van der Waals surface area (Å²) in [7, 11) is 0. The van der Waals surface area contributed by atoms with Gasteiger partial charge in [0.15, 0.2) is 11.7 Å². The average molecular weight is 286 g/mol. The van der Waals surface area contributed by atoms with Gasteiger partial charge >= 0.3 is 0 Å². The van der Waals surface area contributed by atoms with Crippen LogP contribution in [0, 0.1) is 0 Å². The summed E-state index contributed by atoms with van der Waals surface area (Å²) >= 11 is 0. The minimum absolute atomic E-state index is 0.0513. The lowest BCUT2D eigenvalue weighted by molar-refractivity contribution is -0.121. The Morgan fingerprint density at radius 3 is 2.81 bits per heavy atom. The molecule has 4 heteroatoms. The number of oxazole rings is 1. The summed E-state index contributed by atoms with van der Waals surface area (Å²) < 4.78 is 5.68. The molecule has 0 aliphatic carbocycles. The Morgan fingerprint density at radius 1 is 1.33 bits per heavy atom. The molecule has 0 saturated heterocycles. The predicted octanol–water partition coefficient (Wildman–Crippen LogP) is 3.58. The normalized spacial score (nSPS) is 12.1. The van der Waals surface area contributed by atoms with Gasteiger partial charge in [-0.2, -0.15) is 0 Å². The van der Waals surface area contributed by atoms with Crippen molar-refractivity contribution >= 4 is 5.91 Å². The molecule has 0 saturated carbocycles. The molecule has 1 heterocycles. The topological polar surface area (TPSA) is 55.1 Å². The van der Waals surface area contributed by atoms with Crippen LogP contribution in [-0.4, -0.2) is 16.9 Å². The first-order valence-electron chi connectivity index (χ1n) is 7.48. The molecule has 0 unspecified atom stereocenters. The maximum Gasteiger partial charge on any atom is 0.220 e. The molecule has 112 valence electrons. The lowest BCUT2D eigenvalue weighted by atomic mass is 10.2. The summed E-state index contributed by atoms with van der Waals surface area (Å²) in [6.07, 6.45) is 4.72. The van der Waals surface area contributed by atoms with Crippen molar-refractivity contribution in [3.63, 3.8) is 0 Å². The van der Waals surface area contributed by atoms with Gasteiger partial charge in [-0.25, -0.2) is 4.98 Å². The van der Waals surface area contributed by atoms with E-state index in [4.69, 9.17) is 4.42 Å². The van der Waals surface area contributed by atoms with E-state index >= 15 is 0 Å². The summed E-state index contributed by atoms with van der Waals surface area (Å²) in [4.78, 5) is 16.0. The van der Waals surface area contributed by atoms with Gasteiger partial charge in [-0.15, -0.1) is 0 Å². The third-order valence-corrected chi connectivity index (χ3v) is 3.31. The molecular weight excluding hydrogens is 264 g/mol. The van der Waals surface area contributed by atoms with Gasteiger partial charge in [0.2, 0.25) is 5.91 Å². The number of rotatable bonds is 7. The van der Waals surface area contributed by atoms with Gasteiger partial charge in [0.1, 0.15) is 0 Å². The summed E-state index contributed by atoms with van der Waals surface area (Å²) in [5.41, 5.74) is 0.997. The fourth-order valence-electron chi connectivity index (χ4n) is 2.23. The lowest BCUT2D eigenvalue weighted by Crippen LogP contribution is -2.32. The Hall–Kier alpha value is -2.10. The van der Waals surface area contributed by atoms with Gasteiger partial charge in [-0.3, -0.25) is 4.79 Å². The third kappa shape index (κ3) is 4.74. The van der Waals surface area contributed by atoms with Crippen LogP contribution >= 0.6 is 0 Å². The zero-order valence-corrected chi connectivity index (χ0v) is 12.6. The number of carbonyl (C=O) groups is 1. The maximum absolute atomic E-state index is 11.8. The molecule has 1 atom stereocenters. The van der Waals surface area contributed by atoms with Gasteiger partial charge in [0.25, 0.3) is 0 Å². The number of nitrogens with one attached hydrogen (secondary N) is 1. The van der Waals surface area contributed by atoms with E-state index in [1.54, 1.807) is 6.20 Å². The Bertz CT molecular complexity index is 563. The van der Waals surface area contributed by atoms with Gasteiger partial charge in [-0.05, 0) is 13.3 Å². The number of amides is 1. The van der Waals surface area contributed by atoms with Gasteiger partial charge in [-0.1, -0.05) is 43.7 Å². The summed E-state index contributed by atoms with van der Waals surface area (Å²) in [6, 6.07) is 10.1. The number of nitrogens with zero attached hydrogens (tertiary/aromatic N) is 1. The fraction of sp³-hybridized carbons (Fsp3) is 0.412. The van der Waals surface area contributed by atoms with Crippen LogP contribution in [0.3, 0.4) is 0 Å². The zero-order valence-electron chi connectivity index (χ0n) is 12.6. The number of hydrogen-bond acceptors (Lipinski definition) is 3. The molecule has 0 aliphatic heterocycles. The molecule has 4 nitrogen and oxygen atoms in total. The Labute approximate surface area is 125 Å². The smallest absolute Gasteiger partial charge is 0.220 e. The quantitative estimate of drug-likeness (QED) is 0.846. The van der Waals surface area contributed by atoms with Crippen molar-refractivity contribution in [3.05, 3.63) is 42.4 Å². The van der Waals surface area contributed by atoms with Crippen LogP contribution in [0.4, 0.5) is 0 Å². The molecule has 0 radical (unpaired) electrons. The first-order chi connectivity index (χ1) is 10.2. The van der Waals surface area contributed by atoms with Gasteiger partial charge in [0, 0.05) is 24.4 Å².